The third kappa shape index (κ3) is 4.16. The van der Waals surface area contributed by atoms with Crippen molar-refractivity contribution in [3.05, 3.63) is 84.9 Å². The third-order valence-corrected chi connectivity index (χ3v) is 8.97. The van der Waals surface area contributed by atoms with Gasteiger partial charge in [-0.1, -0.05) is 12.1 Å². The minimum atomic E-state index is -3.95. The second-order valence-electron chi connectivity index (χ2n) is 7.65. The van der Waals surface area contributed by atoms with Crippen molar-refractivity contribution in [3.8, 4) is 11.1 Å². The van der Waals surface area contributed by atoms with Gasteiger partial charge in [0.25, 0.3) is 0 Å². The molecule has 0 aliphatic heterocycles. The van der Waals surface area contributed by atoms with Gasteiger partial charge in [-0.15, -0.1) is 0 Å². The zero-order chi connectivity index (χ0) is 24.7. The van der Waals surface area contributed by atoms with Gasteiger partial charge in [0.15, 0.2) is 0 Å². The monoisotopic (exact) mass is 494 g/mol. The van der Waals surface area contributed by atoms with Gasteiger partial charge in [0.2, 0.25) is 19.7 Å². The van der Waals surface area contributed by atoms with E-state index in [1.165, 1.54) is 72.8 Å². The molecule has 8 nitrogen and oxygen atoms in total. The standard InChI is InChI=1S/C24H22N4O4S2/c25-17-3-7-19(8-4-17)33(29,30)23-13-15(1-11-21(23)27)16-2-12-22(28)24(14-16)34(31,32)20-9-5-18(26)6-10-20/h1-14H,25-28H2. The van der Waals surface area contributed by atoms with Crippen molar-refractivity contribution in [1.82, 2.24) is 0 Å². The quantitative estimate of drug-likeness (QED) is 0.306. The van der Waals surface area contributed by atoms with Gasteiger partial charge in [0, 0.05) is 11.4 Å². The molecule has 4 rings (SSSR count). The summed E-state index contributed by atoms with van der Waals surface area (Å²) >= 11 is 0. The summed E-state index contributed by atoms with van der Waals surface area (Å²) < 4.78 is 52.8. The van der Waals surface area contributed by atoms with E-state index >= 15 is 0 Å². The van der Waals surface area contributed by atoms with Crippen molar-refractivity contribution in [2.75, 3.05) is 22.9 Å². The number of benzene rings is 4. The number of rotatable bonds is 5. The summed E-state index contributed by atoms with van der Waals surface area (Å²) in [6.45, 7) is 0. The van der Waals surface area contributed by atoms with Crippen LogP contribution in [0.5, 0.6) is 0 Å². The predicted octanol–water partition coefficient (Wildman–Crippen LogP) is 3.35. The lowest BCUT2D eigenvalue weighted by molar-refractivity contribution is 0.594. The van der Waals surface area contributed by atoms with Crippen molar-refractivity contribution >= 4 is 42.4 Å². The van der Waals surface area contributed by atoms with Crippen molar-refractivity contribution < 1.29 is 16.8 Å². The molecule has 0 aliphatic carbocycles. The number of hydrogen-bond donors (Lipinski definition) is 4. The van der Waals surface area contributed by atoms with E-state index in [-0.39, 0.29) is 31.0 Å². The fourth-order valence-corrected chi connectivity index (χ4v) is 6.26. The van der Waals surface area contributed by atoms with Gasteiger partial charge in [-0.3, -0.25) is 0 Å². The zero-order valence-corrected chi connectivity index (χ0v) is 19.5. The zero-order valence-electron chi connectivity index (χ0n) is 17.8. The number of sulfone groups is 2. The third-order valence-electron chi connectivity index (χ3n) is 5.32. The van der Waals surface area contributed by atoms with E-state index < -0.39 is 19.7 Å². The van der Waals surface area contributed by atoms with Crippen LogP contribution in [0.1, 0.15) is 0 Å². The summed E-state index contributed by atoms with van der Waals surface area (Å²) in [5.41, 5.74) is 25.2. The molecule has 0 saturated heterocycles. The second-order valence-corrected chi connectivity index (χ2v) is 11.5. The van der Waals surface area contributed by atoms with Crippen LogP contribution >= 0.6 is 0 Å². The molecule has 0 aromatic heterocycles. The lowest BCUT2D eigenvalue weighted by atomic mass is 10.1. The molecule has 174 valence electrons. The molecule has 0 radical (unpaired) electrons. The average Bonchev–Trinajstić information content (AvgIpc) is 2.80. The minimum Gasteiger partial charge on any atom is -0.399 e. The molecule has 4 aromatic carbocycles. The smallest absolute Gasteiger partial charge is 0.208 e. The molecule has 0 fully saturated rings. The Morgan fingerprint density at radius 2 is 0.765 bits per heavy atom. The summed E-state index contributed by atoms with van der Waals surface area (Å²) in [7, 11) is -7.89. The summed E-state index contributed by atoms with van der Waals surface area (Å²) in [5.74, 6) is 0. The number of nitrogen functional groups attached to an aromatic ring is 4. The number of hydrogen-bond acceptors (Lipinski definition) is 8. The van der Waals surface area contributed by atoms with Crippen LogP contribution < -0.4 is 22.9 Å². The van der Waals surface area contributed by atoms with Crippen molar-refractivity contribution in [2.45, 2.75) is 19.6 Å². The van der Waals surface area contributed by atoms with Crippen LogP contribution in [0.4, 0.5) is 22.7 Å². The average molecular weight is 495 g/mol. The first-order valence-corrected chi connectivity index (χ1v) is 13.0. The van der Waals surface area contributed by atoms with Crippen LogP contribution in [0.25, 0.3) is 11.1 Å². The van der Waals surface area contributed by atoms with Crippen LogP contribution in [-0.2, 0) is 19.7 Å². The predicted molar refractivity (Wildman–Crippen MR) is 133 cm³/mol. The molecular weight excluding hydrogens is 472 g/mol. The molecule has 0 bridgehead atoms. The highest BCUT2D eigenvalue weighted by Gasteiger charge is 2.24. The Kier molecular flexibility index (Phi) is 5.72. The number of nitrogens with two attached hydrogens (primary N) is 4. The molecule has 0 saturated carbocycles. The van der Waals surface area contributed by atoms with Gasteiger partial charge in [-0.25, -0.2) is 16.8 Å². The fourth-order valence-electron chi connectivity index (χ4n) is 3.44. The molecule has 0 unspecified atom stereocenters. The summed E-state index contributed by atoms with van der Waals surface area (Å²) in [6, 6.07) is 20.5. The first-order valence-electron chi connectivity index (χ1n) is 10.0. The van der Waals surface area contributed by atoms with Gasteiger partial charge in [0.05, 0.1) is 31.0 Å². The fraction of sp³-hybridized carbons (Fsp3) is 0. The highest BCUT2D eigenvalue weighted by molar-refractivity contribution is 7.92. The van der Waals surface area contributed by atoms with Crippen LogP contribution in [0, 0.1) is 0 Å². The summed E-state index contributed by atoms with van der Waals surface area (Å²) in [4.78, 5) is -0.131. The topological polar surface area (TPSA) is 172 Å². The van der Waals surface area contributed by atoms with Gasteiger partial charge in [0.1, 0.15) is 0 Å². The normalized spacial score (nSPS) is 11.9. The molecule has 0 spiro atoms. The van der Waals surface area contributed by atoms with E-state index in [1.54, 1.807) is 12.1 Å². The van der Waals surface area contributed by atoms with Crippen molar-refractivity contribution in [2.24, 2.45) is 0 Å². The van der Waals surface area contributed by atoms with Crippen LogP contribution in [0.2, 0.25) is 0 Å². The second kappa shape index (κ2) is 8.40. The molecule has 8 N–H and O–H groups in total. The van der Waals surface area contributed by atoms with Crippen molar-refractivity contribution in [1.29, 1.82) is 0 Å². The Morgan fingerprint density at radius 3 is 1.09 bits per heavy atom. The summed E-state index contributed by atoms with van der Waals surface area (Å²) in [5, 5.41) is 0. The lowest BCUT2D eigenvalue weighted by Crippen LogP contribution is -2.07. The molecule has 0 heterocycles. The maximum absolute atomic E-state index is 13.2. The minimum absolute atomic E-state index is 0.0365. The van der Waals surface area contributed by atoms with E-state index in [0.29, 0.717) is 22.5 Å². The van der Waals surface area contributed by atoms with E-state index in [4.69, 9.17) is 22.9 Å². The van der Waals surface area contributed by atoms with E-state index in [2.05, 4.69) is 0 Å². The van der Waals surface area contributed by atoms with E-state index in [1.807, 2.05) is 0 Å². The number of anilines is 4. The maximum atomic E-state index is 13.2. The van der Waals surface area contributed by atoms with E-state index in [0.717, 1.165) is 0 Å². The van der Waals surface area contributed by atoms with Gasteiger partial charge in [-0.2, -0.15) is 0 Å². The molecule has 34 heavy (non-hydrogen) atoms. The Hall–Kier alpha value is -4.02. The summed E-state index contributed by atoms with van der Waals surface area (Å²) in [6.07, 6.45) is 0. The van der Waals surface area contributed by atoms with Crippen LogP contribution in [-0.4, -0.2) is 16.8 Å². The molecule has 10 heteroatoms. The van der Waals surface area contributed by atoms with Gasteiger partial charge in [-0.05, 0) is 83.9 Å². The Balaban J connectivity index is 1.82. The lowest BCUT2D eigenvalue weighted by Gasteiger charge is -2.13. The first-order chi connectivity index (χ1) is 16.0. The van der Waals surface area contributed by atoms with Crippen LogP contribution in [0.15, 0.2) is 105 Å². The highest BCUT2D eigenvalue weighted by Crippen LogP contribution is 2.34. The van der Waals surface area contributed by atoms with Gasteiger partial charge < -0.3 is 22.9 Å². The Bertz CT molecular complexity index is 1480. The molecule has 0 amide bonds. The molecular formula is C24H22N4O4S2. The maximum Gasteiger partial charge on any atom is 0.208 e. The molecule has 0 aliphatic rings. The first kappa shape index (κ1) is 23.1. The van der Waals surface area contributed by atoms with Crippen LogP contribution in [0.3, 0.4) is 0 Å². The van der Waals surface area contributed by atoms with Gasteiger partial charge >= 0.3 is 0 Å². The Morgan fingerprint density at radius 1 is 0.441 bits per heavy atom. The SMILES string of the molecule is Nc1ccc(S(=O)(=O)c2cc(-c3ccc(N)c(S(=O)(=O)c4ccc(N)cc4)c3)ccc2N)cc1. The highest BCUT2D eigenvalue weighted by atomic mass is 32.2. The largest absolute Gasteiger partial charge is 0.399 e. The Labute approximate surface area is 197 Å². The molecule has 4 aromatic rings. The van der Waals surface area contributed by atoms with Crippen molar-refractivity contribution in [3.63, 3.8) is 0 Å². The molecule has 0 atom stereocenters. The van der Waals surface area contributed by atoms with E-state index in [9.17, 15) is 16.8 Å².